The lowest BCUT2D eigenvalue weighted by Crippen LogP contribution is -2.54. The third-order valence-electron chi connectivity index (χ3n) is 6.32. The molecule has 0 fully saturated rings. The number of carboxylic acids is 1. The number of phenolic OH excluding ortho intramolecular Hbond substituents is 1. The van der Waals surface area contributed by atoms with E-state index in [0.29, 0.717) is 17.5 Å². The molecule has 0 spiro atoms. The van der Waals surface area contributed by atoms with Crippen molar-refractivity contribution in [3.63, 3.8) is 0 Å². The van der Waals surface area contributed by atoms with Gasteiger partial charge in [-0.3, -0.25) is 29.0 Å². The van der Waals surface area contributed by atoms with E-state index in [1.165, 1.54) is 24.3 Å². The normalized spacial score (nSPS) is 14.8. The Hall–Kier alpha value is -4.94. The number of rotatable bonds is 9. The number of para-hydroxylation sites is 2. The third-order valence-corrected chi connectivity index (χ3v) is 6.32. The number of aromatic hydroxyl groups is 1. The summed E-state index contributed by atoms with van der Waals surface area (Å²) in [5.74, 6) is -3.47. The lowest BCUT2D eigenvalue weighted by molar-refractivity contribution is -0.138. The number of fused-ring (bicyclic) bond motifs is 1. The first-order valence-electron chi connectivity index (χ1n) is 13.4. The summed E-state index contributed by atoms with van der Waals surface area (Å²) >= 11 is 0. The van der Waals surface area contributed by atoms with Gasteiger partial charge in [0.1, 0.15) is 24.6 Å². The first-order chi connectivity index (χ1) is 20.0. The number of anilines is 2. The molecule has 2 aromatic rings. The molecule has 1 aliphatic heterocycles. The lowest BCUT2D eigenvalue weighted by Gasteiger charge is -2.25. The van der Waals surface area contributed by atoms with Crippen molar-refractivity contribution >= 4 is 47.4 Å². The summed E-state index contributed by atoms with van der Waals surface area (Å²) in [4.78, 5) is 77.0. The van der Waals surface area contributed by atoms with E-state index >= 15 is 0 Å². The van der Waals surface area contributed by atoms with Gasteiger partial charge >= 0.3 is 12.1 Å². The number of nitrogens with zero attached hydrogens (tertiary/aromatic N) is 2. The molecule has 1 aliphatic rings. The molecule has 0 aliphatic carbocycles. The number of aliphatic carboxylic acids is 1. The van der Waals surface area contributed by atoms with Gasteiger partial charge in [-0.2, -0.15) is 0 Å². The highest BCUT2D eigenvalue weighted by atomic mass is 16.5. The number of hydrogen-bond acceptors (Lipinski definition) is 8. The van der Waals surface area contributed by atoms with E-state index in [1.807, 2.05) is 20.8 Å². The molecule has 0 aromatic heterocycles. The molecule has 2 unspecified atom stereocenters. The molecular weight excluding hydrogens is 548 g/mol. The fourth-order valence-electron chi connectivity index (χ4n) is 4.35. The van der Waals surface area contributed by atoms with E-state index in [9.17, 15) is 33.9 Å². The number of ether oxygens (including phenoxy) is 1. The summed E-state index contributed by atoms with van der Waals surface area (Å²) in [5.41, 5.74) is 1.55. The van der Waals surface area contributed by atoms with Gasteiger partial charge in [0.25, 0.3) is 11.8 Å². The second-order valence-electron chi connectivity index (χ2n) is 9.08. The van der Waals surface area contributed by atoms with Crippen molar-refractivity contribution < 1.29 is 43.7 Å². The SMILES string of the molecule is CC.CCc1cc(C(=O)NC2CN(C(=O)OC)c3ccccc3N(CC(=O)NC(C=O)CC(=O)O)C2=O)cc(C)c1O. The molecule has 13 heteroatoms. The fourth-order valence-corrected chi connectivity index (χ4v) is 4.35. The van der Waals surface area contributed by atoms with Gasteiger partial charge < -0.3 is 30.4 Å². The maximum atomic E-state index is 13.8. The summed E-state index contributed by atoms with van der Waals surface area (Å²) in [6.45, 7) is 6.47. The molecule has 13 nitrogen and oxygen atoms in total. The van der Waals surface area contributed by atoms with Crippen LogP contribution < -0.4 is 20.4 Å². The quantitative estimate of drug-likeness (QED) is 0.321. The number of carbonyl (C=O) groups is 6. The van der Waals surface area contributed by atoms with E-state index in [1.54, 1.807) is 19.1 Å². The number of carbonyl (C=O) groups excluding carboxylic acids is 5. The maximum absolute atomic E-state index is 13.8. The molecule has 226 valence electrons. The van der Waals surface area contributed by atoms with Gasteiger partial charge in [0, 0.05) is 5.56 Å². The highest BCUT2D eigenvalue weighted by Crippen LogP contribution is 2.33. The van der Waals surface area contributed by atoms with Gasteiger partial charge in [-0.05, 0) is 48.7 Å². The highest BCUT2D eigenvalue weighted by Gasteiger charge is 2.38. The average Bonchev–Trinajstić information content (AvgIpc) is 3.09. The van der Waals surface area contributed by atoms with Gasteiger partial charge in [0.05, 0.1) is 37.5 Å². The molecule has 3 rings (SSSR count). The van der Waals surface area contributed by atoms with E-state index in [2.05, 4.69) is 10.6 Å². The van der Waals surface area contributed by atoms with Gasteiger partial charge in [0.2, 0.25) is 5.91 Å². The number of aryl methyl sites for hydroxylation is 2. The van der Waals surface area contributed by atoms with Crippen LogP contribution in [-0.2, 0) is 30.3 Å². The molecule has 0 radical (unpaired) electrons. The van der Waals surface area contributed by atoms with Crippen molar-refractivity contribution in [1.29, 1.82) is 0 Å². The summed E-state index contributed by atoms with van der Waals surface area (Å²) in [6, 6.07) is 6.51. The zero-order valence-electron chi connectivity index (χ0n) is 24.2. The second kappa shape index (κ2) is 15.2. The summed E-state index contributed by atoms with van der Waals surface area (Å²) < 4.78 is 4.90. The minimum absolute atomic E-state index is 0.0608. The zero-order valence-corrected chi connectivity index (χ0v) is 24.2. The number of benzene rings is 2. The Morgan fingerprint density at radius 1 is 1.14 bits per heavy atom. The standard InChI is InChI=1S/C27H30N4O9.C2H6/c1-4-16-10-17(9-15(2)24(16)36)25(37)29-19-12-31(27(39)40-3)21-8-6-5-7-20(21)30(26(19)38)13-22(33)28-18(14-32)11-23(34)35;1-2/h5-10,14,18-19,36H,4,11-13H2,1-3H3,(H,28,33)(H,29,37)(H,34,35);1-2H3. The number of amides is 4. The molecule has 0 saturated heterocycles. The second-order valence-corrected chi connectivity index (χ2v) is 9.08. The van der Waals surface area contributed by atoms with Crippen molar-refractivity contribution in [3.05, 3.63) is 53.1 Å². The summed E-state index contributed by atoms with van der Waals surface area (Å²) in [7, 11) is 1.16. The minimum Gasteiger partial charge on any atom is -0.507 e. The Kier molecular flexibility index (Phi) is 12.0. The number of methoxy groups -OCH3 is 1. The van der Waals surface area contributed by atoms with Crippen LogP contribution in [0, 0.1) is 6.92 Å². The number of phenols is 1. The largest absolute Gasteiger partial charge is 0.507 e. The van der Waals surface area contributed by atoms with Crippen LogP contribution in [-0.4, -0.2) is 78.6 Å². The number of hydrogen-bond donors (Lipinski definition) is 4. The van der Waals surface area contributed by atoms with Crippen molar-refractivity contribution in [2.45, 2.75) is 52.6 Å². The first kappa shape index (κ1) is 33.3. The molecule has 2 atom stereocenters. The molecular formula is C29H36N4O9. The Morgan fingerprint density at radius 2 is 1.79 bits per heavy atom. The van der Waals surface area contributed by atoms with Crippen molar-refractivity contribution in [2.75, 3.05) is 30.0 Å². The van der Waals surface area contributed by atoms with Crippen LogP contribution in [0.4, 0.5) is 16.2 Å². The monoisotopic (exact) mass is 584 g/mol. The van der Waals surface area contributed by atoms with E-state index in [4.69, 9.17) is 9.84 Å². The van der Waals surface area contributed by atoms with Crippen LogP contribution in [0.3, 0.4) is 0 Å². The van der Waals surface area contributed by atoms with Crippen molar-refractivity contribution in [1.82, 2.24) is 10.6 Å². The highest BCUT2D eigenvalue weighted by molar-refractivity contribution is 6.10. The lowest BCUT2D eigenvalue weighted by atomic mass is 10.0. The summed E-state index contributed by atoms with van der Waals surface area (Å²) in [6.07, 6.45) is -0.743. The van der Waals surface area contributed by atoms with E-state index in [-0.39, 0.29) is 35.5 Å². The molecule has 0 bridgehead atoms. The first-order valence-corrected chi connectivity index (χ1v) is 13.4. The topological polar surface area (TPSA) is 183 Å². The van der Waals surface area contributed by atoms with Crippen LogP contribution in [0.2, 0.25) is 0 Å². The van der Waals surface area contributed by atoms with Crippen LogP contribution in [0.25, 0.3) is 0 Å². The number of aldehydes is 1. The van der Waals surface area contributed by atoms with Crippen LogP contribution >= 0.6 is 0 Å². The van der Waals surface area contributed by atoms with Gasteiger partial charge in [-0.1, -0.05) is 32.9 Å². The fraction of sp³-hybridized carbons (Fsp3) is 0.379. The maximum Gasteiger partial charge on any atom is 0.414 e. The minimum atomic E-state index is -1.34. The van der Waals surface area contributed by atoms with Crippen LogP contribution in [0.5, 0.6) is 5.75 Å². The predicted molar refractivity (Wildman–Crippen MR) is 154 cm³/mol. The van der Waals surface area contributed by atoms with E-state index < -0.39 is 54.8 Å². The number of nitrogens with one attached hydrogen (secondary N) is 2. The predicted octanol–water partition coefficient (Wildman–Crippen LogP) is 2.17. The Labute approximate surface area is 243 Å². The third kappa shape index (κ3) is 7.83. The molecule has 4 amide bonds. The van der Waals surface area contributed by atoms with Gasteiger partial charge in [-0.15, -0.1) is 0 Å². The average molecular weight is 585 g/mol. The Bertz CT molecular complexity index is 1340. The summed E-state index contributed by atoms with van der Waals surface area (Å²) in [5, 5.41) is 24.1. The van der Waals surface area contributed by atoms with Gasteiger partial charge in [0.15, 0.2) is 0 Å². The van der Waals surface area contributed by atoms with E-state index in [0.717, 1.165) is 16.9 Å². The van der Waals surface area contributed by atoms with Gasteiger partial charge in [-0.25, -0.2) is 4.79 Å². The van der Waals surface area contributed by atoms with Crippen LogP contribution in [0.15, 0.2) is 36.4 Å². The van der Waals surface area contributed by atoms with Crippen LogP contribution in [0.1, 0.15) is 48.7 Å². The number of carboxylic acid groups (broad SMARTS) is 1. The molecule has 0 saturated carbocycles. The Balaban J connectivity index is 0.00000301. The van der Waals surface area contributed by atoms with Crippen molar-refractivity contribution in [2.24, 2.45) is 0 Å². The molecule has 2 aromatic carbocycles. The molecule has 1 heterocycles. The Morgan fingerprint density at radius 3 is 2.36 bits per heavy atom. The van der Waals surface area contributed by atoms with Crippen molar-refractivity contribution in [3.8, 4) is 5.75 Å². The molecule has 42 heavy (non-hydrogen) atoms. The zero-order chi connectivity index (χ0) is 31.6. The smallest absolute Gasteiger partial charge is 0.414 e. The molecule has 4 N–H and O–H groups in total.